The molecular formula is C16H12F2N6O. The van der Waals surface area contributed by atoms with Gasteiger partial charge in [0, 0.05) is 19.2 Å². The van der Waals surface area contributed by atoms with E-state index < -0.39 is 11.6 Å². The van der Waals surface area contributed by atoms with Gasteiger partial charge in [-0.15, -0.1) is 0 Å². The Hall–Kier alpha value is -3.12. The van der Waals surface area contributed by atoms with Crippen LogP contribution in [0.3, 0.4) is 0 Å². The number of aromatic nitrogens is 4. The van der Waals surface area contributed by atoms with Crippen molar-refractivity contribution < 1.29 is 13.5 Å². The van der Waals surface area contributed by atoms with Gasteiger partial charge in [-0.2, -0.15) is 15.2 Å². The fourth-order valence-electron chi connectivity index (χ4n) is 2.75. The highest BCUT2D eigenvalue weighted by Crippen LogP contribution is 2.26. The summed E-state index contributed by atoms with van der Waals surface area (Å²) < 4.78 is 33.6. The summed E-state index contributed by atoms with van der Waals surface area (Å²) in [6.07, 6.45) is 1.46. The molecule has 0 atom stereocenters. The standard InChI is InChI=1S/C16H12F2N6O/c17-11-2-1-10(7-12(11)18)24-9-20-14-15(23-3-5-25-6-4-23)21-13(8-19)22-16(14)24/h1-2,7,9H,3-6H2. The van der Waals surface area contributed by atoms with Gasteiger partial charge < -0.3 is 9.64 Å². The number of nitrogens with zero attached hydrogens (tertiary/aromatic N) is 6. The van der Waals surface area contributed by atoms with Crippen LogP contribution in [0.4, 0.5) is 14.6 Å². The molecule has 4 rings (SSSR count). The van der Waals surface area contributed by atoms with Gasteiger partial charge in [-0.3, -0.25) is 4.57 Å². The molecule has 1 fully saturated rings. The quantitative estimate of drug-likeness (QED) is 0.706. The monoisotopic (exact) mass is 342 g/mol. The molecule has 0 radical (unpaired) electrons. The van der Waals surface area contributed by atoms with Crippen molar-refractivity contribution >= 4 is 17.0 Å². The summed E-state index contributed by atoms with van der Waals surface area (Å²) in [5.74, 6) is -1.39. The van der Waals surface area contributed by atoms with Gasteiger partial charge in [0.15, 0.2) is 28.6 Å². The number of hydrogen-bond acceptors (Lipinski definition) is 6. The molecule has 3 aromatic rings. The molecule has 0 N–H and O–H groups in total. The fraction of sp³-hybridized carbons (Fsp3) is 0.250. The molecule has 0 unspecified atom stereocenters. The number of rotatable bonds is 2. The van der Waals surface area contributed by atoms with Crippen molar-refractivity contribution in [1.82, 2.24) is 19.5 Å². The fourth-order valence-corrected chi connectivity index (χ4v) is 2.75. The Labute approximate surface area is 141 Å². The summed E-state index contributed by atoms with van der Waals surface area (Å²) in [6.45, 7) is 2.35. The minimum Gasteiger partial charge on any atom is -0.378 e. The molecule has 25 heavy (non-hydrogen) atoms. The summed E-state index contributed by atoms with van der Waals surface area (Å²) in [5, 5.41) is 9.24. The van der Waals surface area contributed by atoms with Gasteiger partial charge in [0.05, 0.1) is 18.9 Å². The van der Waals surface area contributed by atoms with E-state index in [9.17, 15) is 14.0 Å². The molecule has 0 bridgehead atoms. The maximum atomic E-state index is 13.6. The SMILES string of the molecule is N#Cc1nc(N2CCOCC2)c2ncn(-c3ccc(F)c(F)c3)c2n1. The number of halogens is 2. The Morgan fingerprint density at radius 2 is 1.92 bits per heavy atom. The van der Waals surface area contributed by atoms with Gasteiger partial charge >= 0.3 is 0 Å². The summed E-state index contributed by atoms with van der Waals surface area (Å²) in [7, 11) is 0. The third-order valence-corrected chi connectivity index (χ3v) is 3.97. The Morgan fingerprint density at radius 3 is 2.64 bits per heavy atom. The van der Waals surface area contributed by atoms with E-state index in [1.807, 2.05) is 11.0 Å². The molecule has 9 heteroatoms. The van der Waals surface area contributed by atoms with Gasteiger partial charge in [-0.1, -0.05) is 0 Å². The van der Waals surface area contributed by atoms with Crippen molar-refractivity contribution in [3.63, 3.8) is 0 Å². The van der Waals surface area contributed by atoms with Crippen molar-refractivity contribution in [3.05, 3.63) is 42.0 Å². The number of nitriles is 1. The van der Waals surface area contributed by atoms with Gasteiger partial charge in [0.2, 0.25) is 5.82 Å². The Balaban J connectivity index is 1.90. The van der Waals surface area contributed by atoms with Crippen LogP contribution in [0.5, 0.6) is 0 Å². The first-order valence-electron chi connectivity index (χ1n) is 7.60. The van der Waals surface area contributed by atoms with Crippen molar-refractivity contribution in [2.24, 2.45) is 0 Å². The van der Waals surface area contributed by atoms with Crippen LogP contribution in [0.15, 0.2) is 24.5 Å². The van der Waals surface area contributed by atoms with Crippen molar-refractivity contribution in [1.29, 1.82) is 5.26 Å². The van der Waals surface area contributed by atoms with E-state index in [-0.39, 0.29) is 5.82 Å². The van der Waals surface area contributed by atoms with Crippen molar-refractivity contribution in [2.75, 3.05) is 31.2 Å². The minimum atomic E-state index is -0.970. The highest BCUT2D eigenvalue weighted by Gasteiger charge is 2.21. The molecule has 126 valence electrons. The molecule has 1 aromatic carbocycles. The van der Waals surface area contributed by atoms with Crippen LogP contribution in [-0.2, 0) is 4.74 Å². The average Bonchev–Trinajstić information content (AvgIpc) is 3.07. The highest BCUT2D eigenvalue weighted by molar-refractivity contribution is 5.85. The smallest absolute Gasteiger partial charge is 0.236 e. The Kier molecular flexibility index (Phi) is 3.74. The molecule has 1 aliphatic heterocycles. The maximum Gasteiger partial charge on any atom is 0.236 e. The minimum absolute atomic E-state index is 0.0154. The van der Waals surface area contributed by atoms with Crippen LogP contribution < -0.4 is 4.90 Å². The molecule has 3 heterocycles. The second-order valence-corrected chi connectivity index (χ2v) is 5.47. The predicted octanol–water partition coefficient (Wildman–Crippen LogP) is 1.80. The molecule has 1 saturated heterocycles. The zero-order valence-corrected chi connectivity index (χ0v) is 13.0. The van der Waals surface area contributed by atoms with Crippen LogP contribution in [0.1, 0.15) is 5.82 Å². The zero-order valence-electron chi connectivity index (χ0n) is 13.0. The Bertz CT molecular complexity index is 990. The number of morpholine rings is 1. The molecular weight excluding hydrogens is 330 g/mol. The first-order valence-corrected chi connectivity index (χ1v) is 7.60. The predicted molar refractivity (Wildman–Crippen MR) is 84.3 cm³/mol. The Morgan fingerprint density at radius 1 is 1.12 bits per heavy atom. The highest BCUT2D eigenvalue weighted by atomic mass is 19.2. The molecule has 0 saturated carbocycles. The number of benzene rings is 1. The third kappa shape index (κ3) is 2.66. The van der Waals surface area contributed by atoms with Gasteiger partial charge in [-0.25, -0.2) is 13.8 Å². The van der Waals surface area contributed by atoms with Gasteiger partial charge in [0.1, 0.15) is 12.4 Å². The van der Waals surface area contributed by atoms with E-state index >= 15 is 0 Å². The molecule has 0 aliphatic carbocycles. The van der Waals surface area contributed by atoms with Crippen LogP contribution >= 0.6 is 0 Å². The van der Waals surface area contributed by atoms with Gasteiger partial charge in [0.25, 0.3) is 0 Å². The molecule has 1 aliphatic rings. The zero-order chi connectivity index (χ0) is 17.4. The largest absolute Gasteiger partial charge is 0.378 e. The van der Waals surface area contributed by atoms with Crippen molar-refractivity contribution in [3.8, 4) is 11.8 Å². The van der Waals surface area contributed by atoms with E-state index in [1.54, 1.807) is 0 Å². The van der Waals surface area contributed by atoms with E-state index in [2.05, 4.69) is 15.0 Å². The molecule has 2 aromatic heterocycles. The van der Waals surface area contributed by atoms with Crippen LogP contribution in [0.25, 0.3) is 16.9 Å². The molecule has 0 amide bonds. The van der Waals surface area contributed by atoms with E-state index in [0.717, 1.165) is 12.1 Å². The lowest BCUT2D eigenvalue weighted by Crippen LogP contribution is -2.37. The lowest BCUT2D eigenvalue weighted by Gasteiger charge is -2.27. The van der Waals surface area contributed by atoms with E-state index in [4.69, 9.17) is 4.74 Å². The van der Waals surface area contributed by atoms with Crippen LogP contribution in [0.2, 0.25) is 0 Å². The molecule has 7 nitrogen and oxygen atoms in total. The van der Waals surface area contributed by atoms with Crippen LogP contribution in [-0.4, -0.2) is 45.8 Å². The first-order chi connectivity index (χ1) is 12.2. The maximum absolute atomic E-state index is 13.6. The second kappa shape index (κ2) is 6.07. The summed E-state index contributed by atoms with van der Waals surface area (Å²) in [6, 6.07) is 5.44. The number of imidazole rings is 1. The number of ether oxygens (including phenoxy) is 1. The van der Waals surface area contributed by atoms with Crippen molar-refractivity contribution in [2.45, 2.75) is 0 Å². The summed E-state index contributed by atoms with van der Waals surface area (Å²) in [5.41, 5.74) is 1.21. The van der Waals surface area contributed by atoms with E-state index in [0.29, 0.717) is 49.0 Å². The number of anilines is 1. The molecule has 0 spiro atoms. The lowest BCUT2D eigenvalue weighted by atomic mass is 10.3. The average molecular weight is 342 g/mol. The summed E-state index contributed by atoms with van der Waals surface area (Å²) in [4.78, 5) is 14.8. The second-order valence-electron chi connectivity index (χ2n) is 5.47. The summed E-state index contributed by atoms with van der Waals surface area (Å²) >= 11 is 0. The topological polar surface area (TPSA) is 79.9 Å². The number of hydrogen-bond donors (Lipinski definition) is 0. The van der Waals surface area contributed by atoms with E-state index in [1.165, 1.54) is 17.0 Å². The van der Waals surface area contributed by atoms with Gasteiger partial charge in [-0.05, 0) is 12.1 Å². The normalized spacial score (nSPS) is 14.7. The number of fused-ring (bicyclic) bond motifs is 1. The first kappa shape index (κ1) is 15.4. The van der Waals surface area contributed by atoms with Crippen LogP contribution in [0, 0.1) is 23.0 Å². The third-order valence-electron chi connectivity index (χ3n) is 3.97. The lowest BCUT2D eigenvalue weighted by molar-refractivity contribution is 0.122.